The summed E-state index contributed by atoms with van der Waals surface area (Å²) in [7, 11) is 0. The monoisotopic (exact) mass is 397 g/mol. The first-order valence-corrected chi connectivity index (χ1v) is 9.76. The molecule has 4 rings (SSSR count). The third-order valence-corrected chi connectivity index (χ3v) is 5.38. The van der Waals surface area contributed by atoms with Crippen molar-refractivity contribution in [3.8, 4) is 5.69 Å². The average molecular weight is 397 g/mol. The minimum Gasteiger partial charge on any atom is -0.274 e. The standard InChI is InChI=1S/C19H16FN5O2S/c20-13-6-5-7-14(12-13)25-19(21-22-23-25)28-11-4-3-10-24-17(26)15-8-1-2-9-16(15)18(24)27/h1-2,5-9,12H,3-4,10-11H2. The number of halogens is 1. The van der Waals surface area contributed by atoms with Gasteiger partial charge in [-0.25, -0.2) is 4.39 Å². The van der Waals surface area contributed by atoms with Crippen LogP contribution in [0, 0.1) is 5.82 Å². The number of aromatic nitrogens is 4. The van der Waals surface area contributed by atoms with E-state index in [1.165, 1.54) is 33.5 Å². The van der Waals surface area contributed by atoms with Gasteiger partial charge in [-0.15, -0.1) is 5.10 Å². The van der Waals surface area contributed by atoms with Gasteiger partial charge < -0.3 is 0 Å². The number of thioether (sulfide) groups is 1. The average Bonchev–Trinajstić information content (AvgIpc) is 3.26. The number of carbonyl (C=O) groups excluding carboxylic acids is 2. The van der Waals surface area contributed by atoms with Gasteiger partial charge in [0.1, 0.15) is 5.82 Å². The highest BCUT2D eigenvalue weighted by atomic mass is 32.2. The zero-order valence-corrected chi connectivity index (χ0v) is 15.6. The topological polar surface area (TPSA) is 81.0 Å². The van der Waals surface area contributed by atoms with E-state index in [2.05, 4.69) is 15.5 Å². The number of tetrazole rings is 1. The van der Waals surface area contributed by atoms with E-state index >= 15 is 0 Å². The fourth-order valence-corrected chi connectivity index (χ4v) is 3.91. The highest BCUT2D eigenvalue weighted by molar-refractivity contribution is 7.99. The molecule has 1 aliphatic heterocycles. The molecule has 1 aromatic heterocycles. The van der Waals surface area contributed by atoms with Gasteiger partial charge in [0.15, 0.2) is 0 Å². The Hall–Kier alpha value is -3.07. The number of nitrogens with zero attached hydrogens (tertiary/aromatic N) is 5. The molecule has 0 spiro atoms. The molecule has 0 fully saturated rings. The Bertz CT molecular complexity index is 1000. The quantitative estimate of drug-likeness (QED) is 0.346. The van der Waals surface area contributed by atoms with Crippen molar-refractivity contribution in [3.05, 3.63) is 65.5 Å². The van der Waals surface area contributed by atoms with Crippen molar-refractivity contribution in [1.82, 2.24) is 25.1 Å². The number of carbonyl (C=O) groups is 2. The molecule has 0 saturated heterocycles. The van der Waals surface area contributed by atoms with Crippen LogP contribution in [0.5, 0.6) is 0 Å². The van der Waals surface area contributed by atoms with Gasteiger partial charge in [-0.1, -0.05) is 30.0 Å². The molecule has 0 saturated carbocycles. The lowest BCUT2D eigenvalue weighted by molar-refractivity contribution is 0.0652. The number of benzene rings is 2. The van der Waals surface area contributed by atoms with Crippen LogP contribution in [0.4, 0.5) is 4.39 Å². The first-order valence-electron chi connectivity index (χ1n) is 8.77. The summed E-state index contributed by atoms with van der Waals surface area (Å²) in [5, 5.41) is 12.1. The van der Waals surface area contributed by atoms with E-state index in [0.29, 0.717) is 40.7 Å². The van der Waals surface area contributed by atoms with E-state index in [0.717, 1.165) is 6.42 Å². The summed E-state index contributed by atoms with van der Waals surface area (Å²) in [5.41, 5.74) is 1.49. The lowest BCUT2D eigenvalue weighted by atomic mass is 10.1. The summed E-state index contributed by atoms with van der Waals surface area (Å²) in [5.74, 6) is -0.115. The molecule has 0 unspecified atom stereocenters. The third kappa shape index (κ3) is 3.53. The molecule has 0 bridgehead atoms. The van der Waals surface area contributed by atoms with E-state index in [4.69, 9.17) is 0 Å². The maximum Gasteiger partial charge on any atom is 0.261 e. The van der Waals surface area contributed by atoms with Crippen molar-refractivity contribution in [1.29, 1.82) is 0 Å². The molecule has 0 aliphatic carbocycles. The van der Waals surface area contributed by atoms with Gasteiger partial charge in [0.2, 0.25) is 5.16 Å². The molecule has 3 aromatic rings. The lowest BCUT2D eigenvalue weighted by Gasteiger charge is -2.13. The summed E-state index contributed by atoms with van der Waals surface area (Å²) in [6, 6.07) is 12.9. The van der Waals surface area contributed by atoms with Crippen molar-refractivity contribution < 1.29 is 14.0 Å². The van der Waals surface area contributed by atoms with E-state index in [1.54, 1.807) is 36.4 Å². The Labute approximate surface area is 164 Å². The highest BCUT2D eigenvalue weighted by Crippen LogP contribution is 2.24. The summed E-state index contributed by atoms with van der Waals surface area (Å²) < 4.78 is 14.9. The number of amides is 2. The molecular weight excluding hydrogens is 381 g/mol. The van der Waals surface area contributed by atoms with Gasteiger partial charge in [-0.3, -0.25) is 14.5 Å². The van der Waals surface area contributed by atoms with Crippen LogP contribution >= 0.6 is 11.8 Å². The highest BCUT2D eigenvalue weighted by Gasteiger charge is 2.34. The Morgan fingerprint density at radius 1 is 0.964 bits per heavy atom. The summed E-state index contributed by atoms with van der Waals surface area (Å²) in [6.45, 7) is 0.377. The lowest BCUT2D eigenvalue weighted by Crippen LogP contribution is -2.30. The molecular formula is C19H16FN5O2S. The van der Waals surface area contributed by atoms with Crippen molar-refractivity contribution in [2.75, 3.05) is 12.3 Å². The van der Waals surface area contributed by atoms with Crippen LogP contribution in [0.3, 0.4) is 0 Å². The Morgan fingerprint density at radius 2 is 1.71 bits per heavy atom. The molecule has 2 amide bonds. The fraction of sp³-hybridized carbons (Fsp3) is 0.211. The van der Waals surface area contributed by atoms with Crippen molar-refractivity contribution >= 4 is 23.6 Å². The fourth-order valence-electron chi connectivity index (χ4n) is 3.02. The summed E-state index contributed by atoms with van der Waals surface area (Å²) >= 11 is 1.44. The van der Waals surface area contributed by atoms with Crippen molar-refractivity contribution in [2.24, 2.45) is 0 Å². The van der Waals surface area contributed by atoms with Gasteiger partial charge in [-0.2, -0.15) is 4.68 Å². The van der Waals surface area contributed by atoms with Gasteiger partial charge in [0.05, 0.1) is 16.8 Å². The Morgan fingerprint density at radius 3 is 2.43 bits per heavy atom. The molecule has 0 N–H and O–H groups in total. The van der Waals surface area contributed by atoms with E-state index in [9.17, 15) is 14.0 Å². The maximum absolute atomic E-state index is 13.4. The molecule has 142 valence electrons. The maximum atomic E-state index is 13.4. The molecule has 2 heterocycles. The van der Waals surface area contributed by atoms with Crippen molar-refractivity contribution in [2.45, 2.75) is 18.0 Å². The largest absolute Gasteiger partial charge is 0.274 e. The number of hydrogen-bond donors (Lipinski definition) is 0. The number of rotatable bonds is 7. The number of imide groups is 1. The second kappa shape index (κ2) is 7.89. The van der Waals surface area contributed by atoms with Crippen LogP contribution in [0.2, 0.25) is 0 Å². The van der Waals surface area contributed by atoms with E-state index in [-0.39, 0.29) is 17.6 Å². The van der Waals surface area contributed by atoms with Gasteiger partial charge in [0, 0.05) is 12.3 Å². The van der Waals surface area contributed by atoms with Crippen LogP contribution in [0.1, 0.15) is 33.6 Å². The molecule has 9 heteroatoms. The molecule has 2 aromatic carbocycles. The minimum atomic E-state index is -0.357. The molecule has 0 atom stereocenters. The zero-order chi connectivity index (χ0) is 19.5. The second-order valence-electron chi connectivity index (χ2n) is 6.22. The third-order valence-electron chi connectivity index (χ3n) is 4.38. The summed E-state index contributed by atoms with van der Waals surface area (Å²) in [6.07, 6.45) is 1.45. The van der Waals surface area contributed by atoms with Crippen LogP contribution in [0.15, 0.2) is 53.7 Å². The molecule has 7 nitrogen and oxygen atoms in total. The Balaban J connectivity index is 1.29. The van der Waals surface area contributed by atoms with E-state index in [1.807, 2.05) is 0 Å². The Kier molecular flexibility index (Phi) is 5.16. The molecule has 1 aliphatic rings. The van der Waals surface area contributed by atoms with Gasteiger partial charge in [0.25, 0.3) is 11.8 Å². The van der Waals surface area contributed by atoms with Crippen LogP contribution in [-0.2, 0) is 0 Å². The SMILES string of the molecule is O=C1c2ccccc2C(=O)N1CCCCSc1nnnn1-c1cccc(F)c1. The first kappa shape index (κ1) is 18.3. The van der Waals surface area contributed by atoms with Crippen LogP contribution < -0.4 is 0 Å². The number of fused-ring (bicyclic) bond motifs is 1. The first-order chi connectivity index (χ1) is 13.6. The minimum absolute atomic E-state index is 0.233. The predicted molar refractivity (Wildman–Crippen MR) is 101 cm³/mol. The zero-order valence-electron chi connectivity index (χ0n) is 14.8. The molecule has 28 heavy (non-hydrogen) atoms. The van der Waals surface area contributed by atoms with Crippen LogP contribution in [-0.4, -0.2) is 49.2 Å². The molecule has 0 radical (unpaired) electrons. The van der Waals surface area contributed by atoms with Crippen molar-refractivity contribution in [3.63, 3.8) is 0 Å². The van der Waals surface area contributed by atoms with Gasteiger partial charge in [-0.05, 0) is 53.6 Å². The number of hydrogen-bond acceptors (Lipinski definition) is 6. The predicted octanol–water partition coefficient (Wildman–Crippen LogP) is 2.97. The van der Waals surface area contributed by atoms with Gasteiger partial charge >= 0.3 is 0 Å². The summed E-state index contributed by atoms with van der Waals surface area (Å²) in [4.78, 5) is 25.9. The normalized spacial score (nSPS) is 13.2. The number of unbranched alkanes of at least 4 members (excludes halogenated alkanes) is 1. The van der Waals surface area contributed by atoms with E-state index < -0.39 is 0 Å². The second-order valence-corrected chi connectivity index (χ2v) is 7.28. The van der Waals surface area contributed by atoms with Crippen LogP contribution in [0.25, 0.3) is 5.69 Å². The smallest absolute Gasteiger partial charge is 0.261 e.